The van der Waals surface area contributed by atoms with Crippen molar-refractivity contribution in [2.45, 2.75) is 39.2 Å². The summed E-state index contributed by atoms with van der Waals surface area (Å²) in [7, 11) is 0. The van der Waals surface area contributed by atoms with E-state index in [0.717, 1.165) is 35.2 Å². The van der Waals surface area contributed by atoms with E-state index >= 15 is 0 Å². The quantitative estimate of drug-likeness (QED) is 0.598. The minimum atomic E-state index is 0.145. The van der Waals surface area contributed by atoms with Crippen molar-refractivity contribution in [3.8, 4) is 5.75 Å². The summed E-state index contributed by atoms with van der Waals surface area (Å²) in [4.78, 5) is 6.73. The second-order valence-corrected chi connectivity index (χ2v) is 7.86. The second-order valence-electron chi connectivity index (χ2n) is 7.86. The SMILES string of the molecule is Cc1ccc2c(O)c(C=C3N=Nc4ncccc43)oc2c1C(C)N1CCCCC1. The van der Waals surface area contributed by atoms with Crippen LogP contribution in [0.2, 0.25) is 0 Å². The summed E-state index contributed by atoms with van der Waals surface area (Å²) in [6, 6.07) is 8.01. The second kappa shape index (κ2) is 7.12. The number of likely N-dealkylation sites (tertiary alicyclic amines) is 1. The number of aryl methyl sites for hydroxylation is 1. The lowest BCUT2D eigenvalue weighted by Gasteiger charge is -2.33. The number of aromatic nitrogens is 1. The number of rotatable bonds is 3. The Bertz CT molecular complexity index is 1140. The molecule has 1 aromatic carbocycles. The van der Waals surface area contributed by atoms with Crippen molar-refractivity contribution in [3.05, 3.63) is 52.9 Å². The van der Waals surface area contributed by atoms with Crippen molar-refractivity contribution in [2.24, 2.45) is 10.2 Å². The minimum Gasteiger partial charge on any atom is -0.504 e. The van der Waals surface area contributed by atoms with Crippen molar-refractivity contribution in [2.75, 3.05) is 13.1 Å². The lowest BCUT2D eigenvalue weighted by atomic mass is 9.97. The molecule has 0 bridgehead atoms. The molecule has 1 unspecified atom stereocenters. The first kappa shape index (κ1) is 18.1. The smallest absolute Gasteiger partial charge is 0.183 e. The predicted molar refractivity (Wildman–Crippen MR) is 113 cm³/mol. The molecule has 2 aliphatic heterocycles. The minimum absolute atomic E-state index is 0.145. The van der Waals surface area contributed by atoms with Crippen molar-refractivity contribution in [3.63, 3.8) is 0 Å². The van der Waals surface area contributed by atoms with Gasteiger partial charge in [0, 0.05) is 29.4 Å². The maximum Gasteiger partial charge on any atom is 0.183 e. The molecule has 3 aromatic rings. The van der Waals surface area contributed by atoms with E-state index in [1.165, 1.54) is 24.8 Å². The Balaban J connectivity index is 1.60. The van der Waals surface area contributed by atoms with E-state index in [9.17, 15) is 5.11 Å². The Labute approximate surface area is 169 Å². The van der Waals surface area contributed by atoms with Crippen LogP contribution in [-0.2, 0) is 0 Å². The van der Waals surface area contributed by atoms with E-state index in [2.05, 4.69) is 40.0 Å². The van der Waals surface area contributed by atoms with E-state index in [0.29, 0.717) is 17.3 Å². The van der Waals surface area contributed by atoms with E-state index < -0.39 is 0 Å². The zero-order valence-corrected chi connectivity index (χ0v) is 16.7. The lowest BCUT2D eigenvalue weighted by molar-refractivity contribution is 0.174. The average Bonchev–Trinajstić information content (AvgIpc) is 3.30. The fraction of sp³-hybridized carbons (Fsp3) is 0.348. The molecule has 2 aromatic heterocycles. The zero-order valence-electron chi connectivity index (χ0n) is 16.7. The van der Waals surface area contributed by atoms with Crippen LogP contribution in [0.25, 0.3) is 22.7 Å². The highest BCUT2D eigenvalue weighted by Gasteiger charge is 2.25. The molecular weight excluding hydrogens is 364 g/mol. The Morgan fingerprint density at radius 2 is 1.97 bits per heavy atom. The lowest BCUT2D eigenvalue weighted by Crippen LogP contribution is -2.32. The van der Waals surface area contributed by atoms with E-state index in [-0.39, 0.29) is 11.8 Å². The first-order valence-electron chi connectivity index (χ1n) is 10.2. The molecule has 0 radical (unpaired) electrons. The van der Waals surface area contributed by atoms with Crippen LogP contribution in [-0.4, -0.2) is 28.1 Å². The van der Waals surface area contributed by atoms with E-state index in [1.54, 1.807) is 12.3 Å². The third kappa shape index (κ3) is 3.04. The maximum absolute atomic E-state index is 10.9. The number of hydrogen-bond acceptors (Lipinski definition) is 6. The van der Waals surface area contributed by atoms with Gasteiger partial charge in [0.1, 0.15) is 11.3 Å². The third-order valence-electron chi connectivity index (χ3n) is 6.05. The summed E-state index contributed by atoms with van der Waals surface area (Å²) in [5.74, 6) is 1.14. The summed E-state index contributed by atoms with van der Waals surface area (Å²) >= 11 is 0. The highest BCUT2D eigenvalue weighted by atomic mass is 16.4. The molecule has 2 aliphatic rings. The average molecular weight is 388 g/mol. The monoisotopic (exact) mass is 388 g/mol. The first-order chi connectivity index (χ1) is 14.1. The Kier molecular flexibility index (Phi) is 4.43. The van der Waals surface area contributed by atoms with Gasteiger partial charge in [-0.1, -0.05) is 12.5 Å². The van der Waals surface area contributed by atoms with Crippen LogP contribution in [0.15, 0.2) is 45.1 Å². The van der Waals surface area contributed by atoms with Gasteiger partial charge in [-0.05, 0) is 63.5 Å². The number of nitrogens with zero attached hydrogens (tertiary/aromatic N) is 4. The first-order valence-corrected chi connectivity index (χ1v) is 10.2. The van der Waals surface area contributed by atoms with Crippen LogP contribution < -0.4 is 0 Å². The molecule has 0 aliphatic carbocycles. The normalized spacial score (nSPS) is 19.2. The number of piperidine rings is 1. The van der Waals surface area contributed by atoms with Gasteiger partial charge < -0.3 is 9.52 Å². The summed E-state index contributed by atoms with van der Waals surface area (Å²) in [6.07, 6.45) is 7.21. The predicted octanol–water partition coefficient (Wildman–Crippen LogP) is 5.98. The molecule has 1 N–H and O–H groups in total. The molecule has 6 nitrogen and oxygen atoms in total. The maximum atomic E-state index is 10.9. The molecule has 0 saturated carbocycles. The van der Waals surface area contributed by atoms with Crippen molar-refractivity contribution >= 4 is 28.6 Å². The number of hydrogen-bond donors (Lipinski definition) is 1. The topological polar surface area (TPSA) is 74.2 Å². The zero-order chi connectivity index (χ0) is 20.0. The Morgan fingerprint density at radius 3 is 2.79 bits per heavy atom. The van der Waals surface area contributed by atoms with Crippen LogP contribution >= 0.6 is 0 Å². The van der Waals surface area contributed by atoms with Crippen LogP contribution in [0.1, 0.15) is 54.7 Å². The molecule has 148 valence electrons. The van der Waals surface area contributed by atoms with E-state index in [1.807, 2.05) is 18.2 Å². The van der Waals surface area contributed by atoms with Crippen molar-refractivity contribution < 1.29 is 9.52 Å². The number of benzene rings is 1. The van der Waals surface area contributed by atoms with Gasteiger partial charge in [-0.25, -0.2) is 4.98 Å². The van der Waals surface area contributed by atoms with Gasteiger partial charge in [-0.15, -0.1) is 10.2 Å². The highest BCUT2D eigenvalue weighted by molar-refractivity contribution is 5.94. The molecular formula is C23H24N4O2. The largest absolute Gasteiger partial charge is 0.504 e. The highest BCUT2D eigenvalue weighted by Crippen LogP contribution is 2.42. The molecule has 1 atom stereocenters. The van der Waals surface area contributed by atoms with Gasteiger partial charge in [0.05, 0.1) is 5.39 Å². The van der Waals surface area contributed by atoms with Gasteiger partial charge in [0.2, 0.25) is 0 Å². The van der Waals surface area contributed by atoms with E-state index in [4.69, 9.17) is 4.42 Å². The molecule has 4 heterocycles. The molecule has 1 saturated heterocycles. The van der Waals surface area contributed by atoms with Gasteiger partial charge in [0.15, 0.2) is 17.3 Å². The van der Waals surface area contributed by atoms with Crippen LogP contribution in [0, 0.1) is 6.92 Å². The van der Waals surface area contributed by atoms with Gasteiger partial charge in [0.25, 0.3) is 0 Å². The summed E-state index contributed by atoms with van der Waals surface area (Å²) in [6.45, 7) is 6.55. The Hall–Kier alpha value is -2.99. The van der Waals surface area contributed by atoms with Gasteiger partial charge in [-0.3, -0.25) is 4.90 Å². The number of azo groups is 1. The van der Waals surface area contributed by atoms with Crippen molar-refractivity contribution in [1.82, 2.24) is 9.88 Å². The van der Waals surface area contributed by atoms with Crippen LogP contribution in [0.3, 0.4) is 0 Å². The van der Waals surface area contributed by atoms with Crippen LogP contribution in [0.5, 0.6) is 5.75 Å². The fourth-order valence-electron chi connectivity index (χ4n) is 4.45. The molecule has 1 fully saturated rings. The molecule has 6 heteroatoms. The molecule has 5 rings (SSSR count). The molecule has 0 spiro atoms. The third-order valence-corrected chi connectivity index (χ3v) is 6.05. The molecule has 0 amide bonds. The van der Waals surface area contributed by atoms with Crippen molar-refractivity contribution in [1.29, 1.82) is 0 Å². The van der Waals surface area contributed by atoms with Gasteiger partial charge >= 0.3 is 0 Å². The Morgan fingerprint density at radius 1 is 1.14 bits per heavy atom. The number of furan rings is 1. The van der Waals surface area contributed by atoms with Crippen LogP contribution in [0.4, 0.5) is 5.82 Å². The summed E-state index contributed by atoms with van der Waals surface area (Å²) in [5.41, 5.74) is 4.57. The summed E-state index contributed by atoms with van der Waals surface area (Å²) < 4.78 is 6.22. The standard InChI is InChI=1S/C23H24N4O2/c1-14-8-9-17-21(28)19(13-18-16-7-6-10-24-23(16)26-25-18)29-22(17)20(14)15(2)27-11-4-3-5-12-27/h6-10,13,15,28H,3-5,11-12H2,1-2H3. The number of pyridine rings is 1. The fourth-order valence-corrected chi connectivity index (χ4v) is 4.45. The number of aromatic hydroxyl groups is 1. The summed E-state index contributed by atoms with van der Waals surface area (Å²) in [5, 5.41) is 19.9. The number of fused-ring (bicyclic) bond motifs is 2. The van der Waals surface area contributed by atoms with Gasteiger partial charge in [-0.2, -0.15) is 0 Å². The molecule has 29 heavy (non-hydrogen) atoms.